The molecule has 0 aliphatic carbocycles. The molecule has 3 rings (SSSR count). The predicted octanol–water partition coefficient (Wildman–Crippen LogP) is 4.66. The van der Waals surface area contributed by atoms with Gasteiger partial charge in [-0.05, 0) is 35.7 Å². The Bertz CT molecular complexity index is 643. The molecule has 21 heavy (non-hydrogen) atoms. The van der Waals surface area contributed by atoms with Crippen LogP contribution in [0.15, 0.2) is 55.1 Å². The quantitative estimate of drug-likeness (QED) is 0.758. The lowest BCUT2D eigenvalue weighted by Crippen LogP contribution is -2.07. The van der Waals surface area contributed by atoms with E-state index < -0.39 is 0 Å². The van der Waals surface area contributed by atoms with Gasteiger partial charge in [0.2, 0.25) is 0 Å². The topological polar surface area (TPSA) is 18.5 Å². The van der Waals surface area contributed by atoms with Crippen LogP contribution in [0.25, 0.3) is 0 Å². The van der Waals surface area contributed by atoms with Crippen LogP contribution in [0.1, 0.15) is 35.6 Å². The number of benzene rings is 2. The minimum atomic E-state index is 0.0740. The van der Waals surface area contributed by atoms with Crippen molar-refractivity contribution in [3.63, 3.8) is 0 Å². The molecule has 2 aromatic rings. The Balaban J connectivity index is 1.88. The average molecular weight is 280 g/mol. The summed E-state index contributed by atoms with van der Waals surface area (Å²) in [7, 11) is 1.68. The molecule has 1 aliphatic rings. The zero-order valence-corrected chi connectivity index (χ0v) is 12.5. The van der Waals surface area contributed by atoms with Gasteiger partial charge >= 0.3 is 0 Å². The highest BCUT2D eigenvalue weighted by Gasteiger charge is 2.32. The SMILES string of the molecule is C=CCc1ccc2c(c1)C(C)C(c1ccc(OC)cc1)O2. The molecular formula is C19H20O2. The molecule has 2 heteroatoms. The summed E-state index contributed by atoms with van der Waals surface area (Å²) in [4.78, 5) is 0. The summed E-state index contributed by atoms with van der Waals surface area (Å²) in [6, 6.07) is 14.6. The fourth-order valence-corrected chi connectivity index (χ4v) is 2.91. The maximum Gasteiger partial charge on any atom is 0.130 e. The molecule has 0 saturated carbocycles. The van der Waals surface area contributed by atoms with Crippen molar-refractivity contribution in [1.29, 1.82) is 0 Å². The van der Waals surface area contributed by atoms with Gasteiger partial charge in [0.25, 0.3) is 0 Å². The number of ether oxygens (including phenoxy) is 2. The minimum Gasteiger partial charge on any atom is -0.497 e. The van der Waals surface area contributed by atoms with Crippen LogP contribution in [-0.2, 0) is 6.42 Å². The second-order valence-corrected chi connectivity index (χ2v) is 5.47. The van der Waals surface area contributed by atoms with Gasteiger partial charge in [-0.1, -0.05) is 37.3 Å². The molecule has 2 nitrogen and oxygen atoms in total. The van der Waals surface area contributed by atoms with Crippen LogP contribution < -0.4 is 9.47 Å². The number of fused-ring (bicyclic) bond motifs is 1. The summed E-state index contributed by atoms with van der Waals surface area (Å²) in [5, 5.41) is 0. The van der Waals surface area contributed by atoms with E-state index in [0.717, 1.165) is 17.9 Å². The monoisotopic (exact) mass is 280 g/mol. The van der Waals surface area contributed by atoms with Crippen LogP contribution in [0.3, 0.4) is 0 Å². The normalized spacial score (nSPS) is 19.7. The third kappa shape index (κ3) is 2.54. The van der Waals surface area contributed by atoms with Gasteiger partial charge in [-0.15, -0.1) is 6.58 Å². The molecule has 2 atom stereocenters. The van der Waals surface area contributed by atoms with Crippen LogP contribution in [-0.4, -0.2) is 7.11 Å². The van der Waals surface area contributed by atoms with Crippen molar-refractivity contribution in [2.75, 3.05) is 7.11 Å². The Hall–Kier alpha value is -2.22. The van der Waals surface area contributed by atoms with Gasteiger partial charge < -0.3 is 9.47 Å². The van der Waals surface area contributed by atoms with Gasteiger partial charge in [-0.3, -0.25) is 0 Å². The van der Waals surface area contributed by atoms with Gasteiger partial charge in [-0.2, -0.15) is 0 Å². The van der Waals surface area contributed by atoms with Crippen molar-refractivity contribution >= 4 is 0 Å². The maximum absolute atomic E-state index is 6.15. The fraction of sp³-hybridized carbons (Fsp3) is 0.263. The van der Waals surface area contributed by atoms with Crippen molar-refractivity contribution in [1.82, 2.24) is 0 Å². The molecule has 0 aromatic heterocycles. The van der Waals surface area contributed by atoms with E-state index in [1.54, 1.807) is 7.11 Å². The standard InChI is InChI=1S/C19H20O2/c1-4-5-14-6-11-18-17(12-14)13(2)19(21-18)15-7-9-16(20-3)10-8-15/h4,6-13,19H,1,5H2,2-3H3. The Labute approximate surface area is 126 Å². The predicted molar refractivity (Wildman–Crippen MR) is 85.1 cm³/mol. The number of methoxy groups -OCH3 is 1. The molecule has 108 valence electrons. The van der Waals surface area contributed by atoms with E-state index in [9.17, 15) is 0 Å². The summed E-state index contributed by atoms with van der Waals surface area (Å²) >= 11 is 0. The number of allylic oxidation sites excluding steroid dienone is 1. The first-order valence-corrected chi connectivity index (χ1v) is 7.27. The summed E-state index contributed by atoms with van der Waals surface area (Å²) in [5.74, 6) is 2.21. The van der Waals surface area contributed by atoms with Gasteiger partial charge in [0.15, 0.2) is 0 Å². The van der Waals surface area contributed by atoms with Gasteiger partial charge in [0, 0.05) is 11.5 Å². The van der Waals surface area contributed by atoms with Crippen molar-refractivity contribution in [2.24, 2.45) is 0 Å². The van der Waals surface area contributed by atoms with Crippen LogP contribution in [0.2, 0.25) is 0 Å². The number of hydrogen-bond acceptors (Lipinski definition) is 2. The molecule has 2 unspecified atom stereocenters. The Morgan fingerprint density at radius 2 is 1.95 bits per heavy atom. The zero-order valence-electron chi connectivity index (χ0n) is 12.5. The molecule has 0 saturated heterocycles. The van der Waals surface area contributed by atoms with E-state index in [1.165, 1.54) is 16.7 Å². The van der Waals surface area contributed by atoms with E-state index in [-0.39, 0.29) is 6.10 Å². The molecule has 0 amide bonds. The van der Waals surface area contributed by atoms with Crippen molar-refractivity contribution in [3.05, 3.63) is 71.8 Å². The third-order valence-electron chi connectivity index (χ3n) is 4.10. The maximum atomic E-state index is 6.15. The van der Waals surface area contributed by atoms with Gasteiger partial charge in [-0.25, -0.2) is 0 Å². The third-order valence-corrected chi connectivity index (χ3v) is 4.10. The average Bonchev–Trinajstić information content (AvgIpc) is 2.85. The second-order valence-electron chi connectivity index (χ2n) is 5.47. The minimum absolute atomic E-state index is 0.0740. The smallest absolute Gasteiger partial charge is 0.130 e. The first kappa shape index (κ1) is 13.7. The van der Waals surface area contributed by atoms with E-state index >= 15 is 0 Å². The lowest BCUT2D eigenvalue weighted by atomic mass is 9.91. The highest BCUT2D eigenvalue weighted by molar-refractivity contribution is 5.46. The summed E-state index contributed by atoms with van der Waals surface area (Å²) in [6.07, 6.45) is 2.90. The molecule has 0 bridgehead atoms. The molecule has 0 N–H and O–H groups in total. The largest absolute Gasteiger partial charge is 0.497 e. The molecule has 1 aliphatic heterocycles. The van der Waals surface area contributed by atoms with Crippen molar-refractivity contribution in [3.8, 4) is 11.5 Å². The highest BCUT2D eigenvalue weighted by Crippen LogP contribution is 2.46. The Morgan fingerprint density at radius 3 is 2.62 bits per heavy atom. The fourth-order valence-electron chi connectivity index (χ4n) is 2.91. The zero-order chi connectivity index (χ0) is 14.8. The molecule has 0 radical (unpaired) electrons. The van der Waals surface area contributed by atoms with Gasteiger partial charge in [0.05, 0.1) is 7.11 Å². The first-order valence-electron chi connectivity index (χ1n) is 7.27. The molecule has 2 aromatic carbocycles. The van der Waals surface area contributed by atoms with Crippen LogP contribution >= 0.6 is 0 Å². The Morgan fingerprint density at radius 1 is 1.19 bits per heavy atom. The molecule has 0 spiro atoms. The summed E-state index contributed by atoms with van der Waals surface area (Å²) < 4.78 is 11.4. The van der Waals surface area contributed by atoms with Crippen LogP contribution in [0.4, 0.5) is 0 Å². The lowest BCUT2D eigenvalue weighted by molar-refractivity contribution is 0.216. The number of hydrogen-bond donors (Lipinski definition) is 0. The molecule has 0 fully saturated rings. The summed E-state index contributed by atoms with van der Waals surface area (Å²) in [6.45, 7) is 6.02. The lowest BCUT2D eigenvalue weighted by Gasteiger charge is -2.16. The summed E-state index contributed by atoms with van der Waals surface area (Å²) in [5.41, 5.74) is 3.76. The second kappa shape index (κ2) is 5.65. The Kier molecular flexibility index (Phi) is 3.70. The van der Waals surface area contributed by atoms with Crippen molar-refractivity contribution < 1.29 is 9.47 Å². The van der Waals surface area contributed by atoms with Crippen molar-refractivity contribution in [2.45, 2.75) is 25.4 Å². The van der Waals surface area contributed by atoms with Gasteiger partial charge in [0.1, 0.15) is 17.6 Å². The molecular weight excluding hydrogens is 260 g/mol. The van der Waals surface area contributed by atoms with Crippen LogP contribution in [0, 0.1) is 0 Å². The van der Waals surface area contributed by atoms with Crippen LogP contribution in [0.5, 0.6) is 11.5 Å². The highest BCUT2D eigenvalue weighted by atomic mass is 16.5. The number of rotatable bonds is 4. The van der Waals surface area contributed by atoms with E-state index in [0.29, 0.717) is 5.92 Å². The first-order chi connectivity index (χ1) is 10.2. The van der Waals surface area contributed by atoms with E-state index in [2.05, 4.69) is 43.8 Å². The van der Waals surface area contributed by atoms with E-state index in [4.69, 9.17) is 9.47 Å². The van der Waals surface area contributed by atoms with E-state index in [1.807, 2.05) is 18.2 Å². The molecule has 1 heterocycles.